The summed E-state index contributed by atoms with van der Waals surface area (Å²) >= 11 is 0. The van der Waals surface area contributed by atoms with Gasteiger partial charge in [-0.2, -0.15) is 4.98 Å². The second-order valence-electron chi connectivity index (χ2n) is 6.49. The van der Waals surface area contributed by atoms with Crippen molar-refractivity contribution in [3.63, 3.8) is 0 Å². The van der Waals surface area contributed by atoms with Crippen LogP contribution in [0.15, 0.2) is 30.3 Å². The average Bonchev–Trinajstić information content (AvgIpc) is 3.38. The lowest BCUT2D eigenvalue weighted by molar-refractivity contribution is 0.405. The van der Waals surface area contributed by atoms with Crippen molar-refractivity contribution in [2.45, 2.75) is 25.2 Å². The number of benzene rings is 1. The molecule has 0 atom stereocenters. The Kier molecular flexibility index (Phi) is 5.25. The van der Waals surface area contributed by atoms with Crippen molar-refractivity contribution >= 4 is 17.5 Å². The van der Waals surface area contributed by atoms with Gasteiger partial charge in [0.25, 0.3) is 0 Å². The standard InChI is InChI=1S/C18H24FN5/c1-24(2)11-3-10-20-18-22-16(13-4-5-13)12-17(23-18)21-15-8-6-14(19)7-9-15/h6-9,12-13H,3-5,10-11H2,1-2H3,(H2,20,21,22,23). The summed E-state index contributed by atoms with van der Waals surface area (Å²) in [6.45, 7) is 1.86. The number of anilines is 3. The molecule has 1 aromatic carbocycles. The van der Waals surface area contributed by atoms with Gasteiger partial charge in [-0.1, -0.05) is 0 Å². The normalized spacial score (nSPS) is 14.0. The molecule has 5 nitrogen and oxygen atoms in total. The van der Waals surface area contributed by atoms with Crippen LogP contribution in [-0.4, -0.2) is 42.1 Å². The number of hydrogen-bond donors (Lipinski definition) is 2. The summed E-state index contributed by atoms with van der Waals surface area (Å²) in [5, 5.41) is 6.55. The first-order valence-electron chi connectivity index (χ1n) is 8.40. The van der Waals surface area contributed by atoms with E-state index in [-0.39, 0.29) is 5.82 Å². The van der Waals surface area contributed by atoms with E-state index in [0.29, 0.717) is 11.9 Å². The molecule has 1 aliphatic carbocycles. The van der Waals surface area contributed by atoms with Crippen molar-refractivity contribution in [2.75, 3.05) is 37.8 Å². The van der Waals surface area contributed by atoms with E-state index in [1.54, 1.807) is 12.1 Å². The van der Waals surface area contributed by atoms with Crippen LogP contribution in [0.25, 0.3) is 0 Å². The fraction of sp³-hybridized carbons (Fsp3) is 0.444. The van der Waals surface area contributed by atoms with Crippen molar-refractivity contribution in [1.29, 1.82) is 0 Å². The Morgan fingerprint density at radius 2 is 1.92 bits per heavy atom. The Balaban J connectivity index is 1.69. The van der Waals surface area contributed by atoms with Gasteiger partial charge in [0.05, 0.1) is 5.69 Å². The molecule has 0 spiro atoms. The van der Waals surface area contributed by atoms with Crippen LogP contribution in [0.4, 0.5) is 21.8 Å². The molecule has 1 fully saturated rings. The Morgan fingerprint density at radius 3 is 2.58 bits per heavy atom. The number of rotatable bonds is 8. The SMILES string of the molecule is CN(C)CCCNc1nc(Nc2ccc(F)cc2)cc(C2CC2)n1. The molecule has 24 heavy (non-hydrogen) atoms. The highest BCUT2D eigenvalue weighted by Crippen LogP contribution is 2.40. The molecule has 3 rings (SSSR count). The quantitative estimate of drug-likeness (QED) is 0.725. The monoisotopic (exact) mass is 329 g/mol. The highest BCUT2D eigenvalue weighted by atomic mass is 19.1. The Hall–Kier alpha value is -2.21. The van der Waals surface area contributed by atoms with Crippen LogP contribution in [0.1, 0.15) is 30.9 Å². The van der Waals surface area contributed by atoms with E-state index in [1.807, 2.05) is 6.07 Å². The third-order valence-electron chi connectivity index (χ3n) is 3.92. The third kappa shape index (κ3) is 4.89. The van der Waals surface area contributed by atoms with E-state index in [1.165, 1.54) is 25.0 Å². The highest BCUT2D eigenvalue weighted by molar-refractivity contribution is 5.57. The minimum absolute atomic E-state index is 0.245. The summed E-state index contributed by atoms with van der Waals surface area (Å²) in [7, 11) is 4.13. The molecule has 0 radical (unpaired) electrons. The largest absolute Gasteiger partial charge is 0.354 e. The molecule has 6 heteroatoms. The minimum Gasteiger partial charge on any atom is -0.354 e. The molecule has 1 saturated carbocycles. The Morgan fingerprint density at radius 1 is 1.17 bits per heavy atom. The van der Waals surface area contributed by atoms with Gasteiger partial charge >= 0.3 is 0 Å². The molecule has 128 valence electrons. The summed E-state index contributed by atoms with van der Waals surface area (Å²) in [4.78, 5) is 11.3. The first kappa shape index (κ1) is 16.6. The summed E-state index contributed by atoms with van der Waals surface area (Å²) in [5.74, 6) is 1.70. The fourth-order valence-electron chi connectivity index (χ4n) is 2.47. The van der Waals surface area contributed by atoms with Crippen LogP contribution in [-0.2, 0) is 0 Å². The van der Waals surface area contributed by atoms with Gasteiger partial charge < -0.3 is 15.5 Å². The van der Waals surface area contributed by atoms with Gasteiger partial charge in [-0.25, -0.2) is 9.37 Å². The summed E-state index contributed by atoms with van der Waals surface area (Å²) in [6, 6.07) is 8.28. The summed E-state index contributed by atoms with van der Waals surface area (Å²) in [5.41, 5.74) is 1.89. The number of hydrogen-bond acceptors (Lipinski definition) is 5. The molecule has 0 aliphatic heterocycles. The van der Waals surface area contributed by atoms with Gasteiger partial charge in [0.2, 0.25) is 5.95 Å². The average molecular weight is 329 g/mol. The maximum Gasteiger partial charge on any atom is 0.224 e. The van der Waals surface area contributed by atoms with Crippen LogP contribution >= 0.6 is 0 Å². The van der Waals surface area contributed by atoms with Crippen LogP contribution in [0.3, 0.4) is 0 Å². The maximum absolute atomic E-state index is 13.0. The third-order valence-corrected chi connectivity index (χ3v) is 3.92. The highest BCUT2D eigenvalue weighted by Gasteiger charge is 2.26. The summed E-state index contributed by atoms with van der Waals surface area (Å²) in [6.07, 6.45) is 3.41. The van der Waals surface area contributed by atoms with Gasteiger partial charge in [-0.05, 0) is 64.2 Å². The van der Waals surface area contributed by atoms with Gasteiger partial charge in [-0.15, -0.1) is 0 Å². The molecule has 0 bridgehead atoms. The lowest BCUT2D eigenvalue weighted by Crippen LogP contribution is -2.17. The van der Waals surface area contributed by atoms with E-state index >= 15 is 0 Å². The van der Waals surface area contributed by atoms with Crippen molar-refractivity contribution in [3.8, 4) is 0 Å². The van der Waals surface area contributed by atoms with E-state index in [2.05, 4.69) is 39.6 Å². The molecule has 0 saturated heterocycles. The first-order valence-corrected chi connectivity index (χ1v) is 8.40. The summed E-state index contributed by atoms with van der Waals surface area (Å²) < 4.78 is 13.0. The van der Waals surface area contributed by atoms with Crippen molar-refractivity contribution in [3.05, 3.63) is 41.8 Å². The molecule has 2 N–H and O–H groups in total. The zero-order valence-corrected chi connectivity index (χ0v) is 14.2. The topological polar surface area (TPSA) is 53.1 Å². The maximum atomic E-state index is 13.0. The number of nitrogens with zero attached hydrogens (tertiary/aromatic N) is 3. The molecule has 2 aromatic rings. The van der Waals surface area contributed by atoms with Crippen molar-refractivity contribution < 1.29 is 4.39 Å². The van der Waals surface area contributed by atoms with E-state index in [9.17, 15) is 4.39 Å². The minimum atomic E-state index is -0.245. The number of halogens is 1. The van der Waals surface area contributed by atoms with Gasteiger partial charge in [0.15, 0.2) is 0 Å². The predicted octanol–water partition coefficient (Wildman–Crippen LogP) is 3.60. The second kappa shape index (κ2) is 7.57. The zero-order chi connectivity index (χ0) is 16.9. The molecule has 0 unspecified atom stereocenters. The van der Waals surface area contributed by atoms with E-state index in [4.69, 9.17) is 0 Å². The molecule has 1 aromatic heterocycles. The van der Waals surface area contributed by atoms with Gasteiger partial charge in [-0.3, -0.25) is 0 Å². The smallest absolute Gasteiger partial charge is 0.224 e. The van der Waals surface area contributed by atoms with Crippen molar-refractivity contribution in [2.24, 2.45) is 0 Å². The Bertz CT molecular complexity index is 668. The van der Waals surface area contributed by atoms with Gasteiger partial charge in [0, 0.05) is 24.2 Å². The molecule has 1 heterocycles. The van der Waals surface area contributed by atoms with Crippen LogP contribution < -0.4 is 10.6 Å². The lowest BCUT2D eigenvalue weighted by atomic mass is 10.2. The fourth-order valence-corrected chi connectivity index (χ4v) is 2.47. The number of aromatic nitrogens is 2. The van der Waals surface area contributed by atoms with Crippen LogP contribution in [0.2, 0.25) is 0 Å². The molecular weight excluding hydrogens is 305 g/mol. The van der Waals surface area contributed by atoms with E-state index < -0.39 is 0 Å². The lowest BCUT2D eigenvalue weighted by Gasteiger charge is -2.12. The van der Waals surface area contributed by atoms with Crippen LogP contribution in [0.5, 0.6) is 0 Å². The van der Waals surface area contributed by atoms with Crippen LogP contribution in [0, 0.1) is 5.82 Å². The zero-order valence-electron chi connectivity index (χ0n) is 14.2. The molecular formula is C18H24FN5. The Labute approximate surface area is 142 Å². The number of nitrogens with one attached hydrogen (secondary N) is 2. The molecule has 0 amide bonds. The van der Waals surface area contributed by atoms with Crippen molar-refractivity contribution in [1.82, 2.24) is 14.9 Å². The second-order valence-corrected chi connectivity index (χ2v) is 6.49. The molecule has 1 aliphatic rings. The predicted molar refractivity (Wildman–Crippen MR) is 95.4 cm³/mol. The first-order chi connectivity index (χ1) is 11.6. The van der Waals surface area contributed by atoms with E-state index in [0.717, 1.165) is 36.7 Å². The van der Waals surface area contributed by atoms with Gasteiger partial charge in [0.1, 0.15) is 11.6 Å².